The number of carboxylic acid groups (broad SMARTS) is 1. The van der Waals surface area contributed by atoms with Crippen LogP contribution in [0.4, 0.5) is 10.5 Å². The molecule has 0 saturated carbocycles. The Labute approximate surface area is 216 Å². The lowest BCUT2D eigenvalue weighted by Gasteiger charge is -2.11. The molecule has 3 aromatic carbocycles. The summed E-state index contributed by atoms with van der Waals surface area (Å²) in [6, 6.07) is 19.5. The second-order valence-electron chi connectivity index (χ2n) is 7.96. The summed E-state index contributed by atoms with van der Waals surface area (Å²) < 4.78 is 1.53. The number of urea groups is 1. The third-order valence-corrected chi connectivity index (χ3v) is 5.78. The molecule has 3 amide bonds. The largest absolute Gasteiger partial charge is 0.478 e. The van der Waals surface area contributed by atoms with E-state index < -0.39 is 12.0 Å². The van der Waals surface area contributed by atoms with Gasteiger partial charge in [-0.1, -0.05) is 41.9 Å². The van der Waals surface area contributed by atoms with Crippen LogP contribution in [0.1, 0.15) is 32.0 Å². The van der Waals surface area contributed by atoms with Crippen LogP contribution in [0.3, 0.4) is 0 Å². The number of aromatic nitrogens is 2. The third-order valence-electron chi connectivity index (χ3n) is 5.47. The van der Waals surface area contributed by atoms with Crippen molar-refractivity contribution in [3.8, 4) is 6.07 Å². The van der Waals surface area contributed by atoms with Gasteiger partial charge in [0.25, 0.3) is 5.91 Å². The Hall–Kier alpha value is -4.88. The molecule has 4 N–H and O–H groups in total. The third kappa shape index (κ3) is 6.04. The first-order valence-corrected chi connectivity index (χ1v) is 11.5. The molecule has 0 aliphatic heterocycles. The number of benzene rings is 3. The summed E-state index contributed by atoms with van der Waals surface area (Å²) in [5, 5.41) is 31.5. The topological polar surface area (TPSA) is 149 Å². The Balaban J connectivity index is 1.41. The van der Waals surface area contributed by atoms with Crippen LogP contribution in [0.2, 0.25) is 5.02 Å². The number of nitrogens with zero attached hydrogens (tertiary/aromatic N) is 3. The average molecular weight is 517 g/mol. The van der Waals surface area contributed by atoms with Gasteiger partial charge >= 0.3 is 12.0 Å². The van der Waals surface area contributed by atoms with Gasteiger partial charge in [0.05, 0.1) is 40.0 Å². The first-order valence-electron chi connectivity index (χ1n) is 11.2. The number of hydrogen-bond acceptors (Lipinski definition) is 5. The van der Waals surface area contributed by atoms with E-state index in [1.807, 2.05) is 18.2 Å². The van der Waals surface area contributed by atoms with Crippen LogP contribution in [0.5, 0.6) is 0 Å². The molecule has 4 rings (SSSR count). The van der Waals surface area contributed by atoms with Crippen molar-refractivity contribution in [2.75, 3.05) is 11.9 Å². The average Bonchev–Trinajstić information content (AvgIpc) is 3.27. The molecule has 0 spiro atoms. The van der Waals surface area contributed by atoms with Crippen LogP contribution in [0.25, 0.3) is 10.9 Å². The second-order valence-corrected chi connectivity index (χ2v) is 8.37. The van der Waals surface area contributed by atoms with Crippen molar-refractivity contribution in [3.05, 3.63) is 94.1 Å². The number of carbonyl (C=O) groups is 3. The SMILES string of the molecule is N#Cc1ccc(NC(=O)NCCn2nc3ccccc3c2C(=O)NCc2ccc(C(=O)O)cc2)c(Cl)c1. The van der Waals surface area contributed by atoms with Crippen molar-refractivity contribution < 1.29 is 19.5 Å². The zero-order chi connectivity index (χ0) is 26.4. The zero-order valence-corrected chi connectivity index (χ0v) is 20.1. The summed E-state index contributed by atoms with van der Waals surface area (Å²) in [6.45, 7) is 0.591. The highest BCUT2D eigenvalue weighted by Crippen LogP contribution is 2.22. The molecule has 37 heavy (non-hydrogen) atoms. The summed E-state index contributed by atoms with van der Waals surface area (Å²) in [5.41, 5.74) is 2.62. The number of carboxylic acids is 1. The molecule has 1 heterocycles. The van der Waals surface area contributed by atoms with Crippen molar-refractivity contribution in [2.24, 2.45) is 0 Å². The van der Waals surface area contributed by atoms with Crippen LogP contribution in [0, 0.1) is 11.3 Å². The molecule has 11 heteroatoms. The van der Waals surface area contributed by atoms with E-state index in [4.69, 9.17) is 22.0 Å². The highest BCUT2D eigenvalue weighted by atomic mass is 35.5. The van der Waals surface area contributed by atoms with Crippen molar-refractivity contribution in [3.63, 3.8) is 0 Å². The number of rotatable bonds is 8. The number of halogens is 1. The predicted molar refractivity (Wildman–Crippen MR) is 137 cm³/mol. The van der Waals surface area contributed by atoms with Crippen molar-refractivity contribution in [1.82, 2.24) is 20.4 Å². The lowest BCUT2D eigenvalue weighted by molar-refractivity contribution is 0.0696. The fourth-order valence-corrected chi connectivity index (χ4v) is 3.87. The molecular formula is C26H21ClN6O4. The minimum absolute atomic E-state index is 0.164. The van der Waals surface area contributed by atoms with Crippen molar-refractivity contribution in [1.29, 1.82) is 5.26 Å². The monoisotopic (exact) mass is 516 g/mol. The van der Waals surface area contributed by atoms with Gasteiger partial charge in [-0.25, -0.2) is 9.59 Å². The van der Waals surface area contributed by atoms with Gasteiger partial charge < -0.3 is 21.1 Å². The molecule has 0 aliphatic rings. The van der Waals surface area contributed by atoms with Gasteiger partial charge in [-0.3, -0.25) is 9.48 Å². The maximum absolute atomic E-state index is 13.1. The first-order chi connectivity index (χ1) is 17.9. The fraction of sp³-hybridized carbons (Fsp3) is 0.115. The highest BCUT2D eigenvalue weighted by molar-refractivity contribution is 6.33. The van der Waals surface area contributed by atoms with Gasteiger partial charge in [0, 0.05) is 18.5 Å². The second kappa shape index (κ2) is 11.2. The molecule has 4 aromatic rings. The number of nitriles is 1. The Kier molecular flexibility index (Phi) is 7.66. The maximum Gasteiger partial charge on any atom is 0.335 e. The highest BCUT2D eigenvalue weighted by Gasteiger charge is 2.18. The molecule has 0 bridgehead atoms. The fourth-order valence-electron chi connectivity index (χ4n) is 3.64. The molecule has 10 nitrogen and oxygen atoms in total. The number of aromatic carboxylic acids is 1. The van der Waals surface area contributed by atoms with Crippen LogP contribution in [-0.2, 0) is 13.1 Å². The van der Waals surface area contributed by atoms with E-state index in [2.05, 4.69) is 21.0 Å². The molecule has 0 saturated heterocycles. The number of carbonyl (C=O) groups excluding carboxylic acids is 2. The summed E-state index contributed by atoms with van der Waals surface area (Å²) in [4.78, 5) is 36.5. The van der Waals surface area contributed by atoms with E-state index >= 15 is 0 Å². The van der Waals surface area contributed by atoms with E-state index in [-0.39, 0.29) is 36.1 Å². The van der Waals surface area contributed by atoms with Gasteiger partial charge in [0.2, 0.25) is 0 Å². The molecule has 186 valence electrons. The lowest BCUT2D eigenvalue weighted by Crippen LogP contribution is -2.33. The first kappa shape index (κ1) is 25.2. The summed E-state index contributed by atoms with van der Waals surface area (Å²) >= 11 is 6.10. The Bertz CT molecular complexity index is 1520. The summed E-state index contributed by atoms with van der Waals surface area (Å²) in [7, 11) is 0. The molecule has 0 aliphatic carbocycles. The van der Waals surface area contributed by atoms with Crippen molar-refractivity contribution >= 4 is 46.1 Å². The Morgan fingerprint density at radius 3 is 2.49 bits per heavy atom. The van der Waals surface area contributed by atoms with Gasteiger partial charge in [-0.2, -0.15) is 10.4 Å². The van der Waals surface area contributed by atoms with Crippen LogP contribution < -0.4 is 16.0 Å². The van der Waals surface area contributed by atoms with Crippen molar-refractivity contribution in [2.45, 2.75) is 13.1 Å². The number of hydrogen-bond donors (Lipinski definition) is 4. The van der Waals surface area contributed by atoms with Crippen LogP contribution in [0.15, 0.2) is 66.7 Å². The van der Waals surface area contributed by atoms with E-state index in [1.165, 1.54) is 22.9 Å². The molecular weight excluding hydrogens is 496 g/mol. The van der Waals surface area contributed by atoms with E-state index in [9.17, 15) is 14.4 Å². The van der Waals surface area contributed by atoms with E-state index in [1.54, 1.807) is 36.4 Å². The maximum atomic E-state index is 13.1. The zero-order valence-electron chi connectivity index (χ0n) is 19.4. The number of nitrogens with one attached hydrogen (secondary N) is 3. The number of amides is 3. The number of anilines is 1. The van der Waals surface area contributed by atoms with Crippen LogP contribution >= 0.6 is 11.6 Å². The standard InChI is InChI=1S/C26H21ClN6O4/c27-20-13-17(14-28)7-10-22(20)31-26(37)29-11-12-33-23(19-3-1-2-4-21(19)32-33)24(34)30-15-16-5-8-18(9-6-16)25(35)36/h1-10,13H,11-12,15H2,(H,30,34)(H,35,36)(H2,29,31,37). The van der Waals surface area contributed by atoms with E-state index in [0.29, 0.717) is 27.8 Å². The van der Waals surface area contributed by atoms with Gasteiger partial charge in [0.1, 0.15) is 5.69 Å². The molecule has 0 atom stereocenters. The van der Waals surface area contributed by atoms with E-state index in [0.717, 1.165) is 5.56 Å². The minimum atomic E-state index is -1.02. The summed E-state index contributed by atoms with van der Waals surface area (Å²) in [5.74, 6) is -1.38. The molecule has 0 unspecified atom stereocenters. The van der Waals surface area contributed by atoms with Crippen LogP contribution in [-0.4, -0.2) is 39.3 Å². The molecule has 0 fully saturated rings. The predicted octanol–water partition coefficient (Wildman–Crippen LogP) is 4.01. The Morgan fingerprint density at radius 1 is 1.03 bits per heavy atom. The molecule has 1 aromatic heterocycles. The smallest absolute Gasteiger partial charge is 0.335 e. The van der Waals surface area contributed by atoms with Gasteiger partial charge in [0.15, 0.2) is 0 Å². The number of fused-ring (bicyclic) bond motifs is 1. The van der Waals surface area contributed by atoms with Gasteiger partial charge in [-0.05, 0) is 42.0 Å². The lowest BCUT2D eigenvalue weighted by atomic mass is 10.1. The normalized spacial score (nSPS) is 10.5. The minimum Gasteiger partial charge on any atom is -0.478 e. The van der Waals surface area contributed by atoms with Gasteiger partial charge in [-0.15, -0.1) is 0 Å². The quantitative estimate of drug-likeness (QED) is 0.278. The molecule has 0 radical (unpaired) electrons. The Morgan fingerprint density at radius 2 is 1.78 bits per heavy atom. The summed E-state index contributed by atoms with van der Waals surface area (Å²) in [6.07, 6.45) is 0.